The van der Waals surface area contributed by atoms with E-state index in [-0.39, 0.29) is 17.9 Å². The minimum atomic E-state index is -0.109. The zero-order valence-electron chi connectivity index (χ0n) is 17.1. The molecule has 0 radical (unpaired) electrons. The summed E-state index contributed by atoms with van der Waals surface area (Å²) in [5.74, 6) is 0.275. The summed E-state index contributed by atoms with van der Waals surface area (Å²) in [7, 11) is 1.86. The van der Waals surface area contributed by atoms with Crippen molar-refractivity contribution in [3.8, 4) is 0 Å². The summed E-state index contributed by atoms with van der Waals surface area (Å²) in [6.07, 6.45) is 7.64. The van der Waals surface area contributed by atoms with Gasteiger partial charge in [-0.3, -0.25) is 24.2 Å². The third-order valence-electron chi connectivity index (χ3n) is 5.85. The van der Waals surface area contributed by atoms with Crippen molar-refractivity contribution in [1.29, 1.82) is 0 Å². The summed E-state index contributed by atoms with van der Waals surface area (Å²) in [4.78, 5) is 36.0. The Morgan fingerprint density at radius 3 is 2.59 bits per heavy atom. The maximum Gasteiger partial charge on any atom is 0.244 e. The number of amides is 2. The fourth-order valence-electron chi connectivity index (χ4n) is 4.17. The summed E-state index contributed by atoms with van der Waals surface area (Å²) in [6.45, 7) is 5.46. The first-order valence-corrected chi connectivity index (χ1v) is 10.2. The largest absolute Gasteiger partial charge is 0.340 e. The second-order valence-corrected chi connectivity index (χ2v) is 7.92. The summed E-state index contributed by atoms with van der Waals surface area (Å²) >= 11 is 0. The maximum atomic E-state index is 13.1. The Morgan fingerprint density at radius 1 is 1.14 bits per heavy atom. The number of piperazine rings is 1. The third kappa shape index (κ3) is 4.32. The molecule has 0 unspecified atom stereocenters. The molecule has 4 heterocycles. The lowest BCUT2D eigenvalue weighted by atomic mass is 10.0. The fourth-order valence-corrected chi connectivity index (χ4v) is 4.17. The number of aromatic nitrogens is 3. The van der Waals surface area contributed by atoms with Crippen molar-refractivity contribution in [2.45, 2.75) is 32.2 Å². The standard InChI is InChI=1S/C21H28N6O2/c1-16-5-6-17(13-22-16)12-20(28)26-10-8-25(9-11-26)19-4-3-7-27(21(19)29)18-14-23-24(2)15-18/h5-6,13-15,19H,3-4,7-12H2,1-2H3/t19-/m1/s1. The predicted molar refractivity (Wildman–Crippen MR) is 109 cm³/mol. The molecule has 0 aromatic carbocycles. The van der Waals surface area contributed by atoms with Crippen LogP contribution >= 0.6 is 0 Å². The molecule has 2 aromatic rings. The molecule has 29 heavy (non-hydrogen) atoms. The van der Waals surface area contributed by atoms with E-state index < -0.39 is 0 Å². The molecule has 2 amide bonds. The zero-order chi connectivity index (χ0) is 20.4. The molecule has 1 atom stereocenters. The first-order chi connectivity index (χ1) is 14.0. The molecule has 154 valence electrons. The highest BCUT2D eigenvalue weighted by Crippen LogP contribution is 2.24. The van der Waals surface area contributed by atoms with Gasteiger partial charge in [0, 0.05) is 57.9 Å². The third-order valence-corrected chi connectivity index (χ3v) is 5.85. The Labute approximate surface area is 171 Å². The van der Waals surface area contributed by atoms with Gasteiger partial charge in [-0.1, -0.05) is 6.07 Å². The lowest BCUT2D eigenvalue weighted by molar-refractivity contribution is -0.133. The van der Waals surface area contributed by atoms with Crippen molar-refractivity contribution >= 4 is 17.5 Å². The quantitative estimate of drug-likeness (QED) is 0.771. The van der Waals surface area contributed by atoms with Crippen LogP contribution in [-0.2, 0) is 23.1 Å². The molecule has 4 rings (SSSR count). The summed E-state index contributed by atoms with van der Waals surface area (Å²) < 4.78 is 1.72. The van der Waals surface area contributed by atoms with Crippen molar-refractivity contribution in [2.75, 3.05) is 37.6 Å². The van der Waals surface area contributed by atoms with Gasteiger partial charge in [0.2, 0.25) is 11.8 Å². The SMILES string of the molecule is Cc1ccc(CC(=O)N2CCN([C@@H]3CCCN(c4cnn(C)c4)C3=O)CC2)cn1. The average molecular weight is 396 g/mol. The highest BCUT2D eigenvalue weighted by molar-refractivity contribution is 5.97. The van der Waals surface area contributed by atoms with E-state index in [9.17, 15) is 9.59 Å². The van der Waals surface area contributed by atoms with Gasteiger partial charge in [0.05, 0.1) is 24.3 Å². The number of rotatable bonds is 4. The molecular weight excluding hydrogens is 368 g/mol. The Kier molecular flexibility index (Phi) is 5.62. The van der Waals surface area contributed by atoms with Crippen LogP contribution in [0, 0.1) is 6.92 Å². The number of carbonyl (C=O) groups is 2. The first kappa shape index (κ1) is 19.6. The molecule has 0 saturated carbocycles. The monoisotopic (exact) mass is 396 g/mol. The van der Waals surface area contributed by atoms with Crippen LogP contribution in [0.15, 0.2) is 30.7 Å². The second kappa shape index (κ2) is 8.32. The van der Waals surface area contributed by atoms with Gasteiger partial charge >= 0.3 is 0 Å². The van der Waals surface area contributed by atoms with E-state index >= 15 is 0 Å². The molecule has 2 saturated heterocycles. The van der Waals surface area contributed by atoms with Crippen LogP contribution in [0.25, 0.3) is 0 Å². The molecule has 2 aromatic heterocycles. The molecule has 0 bridgehead atoms. The van der Waals surface area contributed by atoms with Crippen molar-refractivity contribution in [1.82, 2.24) is 24.6 Å². The number of piperidine rings is 1. The van der Waals surface area contributed by atoms with Crippen molar-refractivity contribution in [3.63, 3.8) is 0 Å². The van der Waals surface area contributed by atoms with Crippen molar-refractivity contribution < 1.29 is 9.59 Å². The van der Waals surface area contributed by atoms with E-state index in [2.05, 4.69) is 15.0 Å². The van der Waals surface area contributed by atoms with E-state index in [0.717, 1.165) is 49.4 Å². The highest BCUT2D eigenvalue weighted by atomic mass is 16.2. The highest BCUT2D eigenvalue weighted by Gasteiger charge is 2.36. The van der Waals surface area contributed by atoms with E-state index in [1.165, 1.54) is 0 Å². The molecule has 2 aliphatic heterocycles. The van der Waals surface area contributed by atoms with Gasteiger partial charge in [-0.2, -0.15) is 5.10 Å². The van der Waals surface area contributed by atoms with E-state index in [1.54, 1.807) is 17.1 Å². The van der Waals surface area contributed by atoms with Crippen LogP contribution in [-0.4, -0.2) is 75.1 Å². The fraction of sp³-hybridized carbons (Fsp3) is 0.524. The first-order valence-electron chi connectivity index (χ1n) is 10.2. The van der Waals surface area contributed by atoms with E-state index in [1.807, 2.05) is 42.1 Å². The van der Waals surface area contributed by atoms with Crippen molar-refractivity contribution in [3.05, 3.63) is 42.0 Å². The Balaban J connectivity index is 1.33. The van der Waals surface area contributed by atoms with Crippen LogP contribution in [0.1, 0.15) is 24.1 Å². The minimum Gasteiger partial charge on any atom is -0.340 e. The minimum absolute atomic E-state index is 0.109. The molecule has 0 aliphatic carbocycles. The molecule has 8 heteroatoms. The van der Waals surface area contributed by atoms with Crippen LogP contribution in [0.5, 0.6) is 0 Å². The van der Waals surface area contributed by atoms with Gasteiger partial charge in [0.1, 0.15) is 0 Å². The molecule has 0 spiro atoms. The molecule has 0 N–H and O–H groups in total. The normalized spacial score (nSPS) is 20.9. The number of hydrogen-bond donors (Lipinski definition) is 0. The topological polar surface area (TPSA) is 74.6 Å². The Bertz CT molecular complexity index is 870. The number of pyridine rings is 1. The van der Waals surface area contributed by atoms with Crippen LogP contribution in [0.2, 0.25) is 0 Å². The predicted octanol–water partition coefficient (Wildman–Crippen LogP) is 1.01. The van der Waals surface area contributed by atoms with Gasteiger partial charge in [-0.05, 0) is 31.4 Å². The van der Waals surface area contributed by atoms with E-state index in [4.69, 9.17) is 0 Å². The Morgan fingerprint density at radius 2 is 1.93 bits per heavy atom. The molecular formula is C21H28N6O2. The number of nitrogens with zero attached hydrogens (tertiary/aromatic N) is 6. The van der Waals surface area contributed by atoms with Gasteiger partial charge in [0.25, 0.3) is 0 Å². The number of anilines is 1. The average Bonchev–Trinajstić information content (AvgIpc) is 3.16. The second-order valence-electron chi connectivity index (χ2n) is 7.92. The number of carbonyl (C=O) groups excluding carboxylic acids is 2. The van der Waals surface area contributed by atoms with Gasteiger partial charge in [-0.15, -0.1) is 0 Å². The summed E-state index contributed by atoms with van der Waals surface area (Å²) in [6, 6.07) is 3.79. The number of hydrogen-bond acceptors (Lipinski definition) is 5. The lowest BCUT2D eigenvalue weighted by Gasteiger charge is -2.42. The van der Waals surface area contributed by atoms with Gasteiger partial charge in [-0.25, -0.2) is 0 Å². The molecule has 2 aliphatic rings. The van der Waals surface area contributed by atoms with E-state index in [0.29, 0.717) is 19.5 Å². The van der Waals surface area contributed by atoms with Crippen LogP contribution in [0.4, 0.5) is 5.69 Å². The van der Waals surface area contributed by atoms with Crippen molar-refractivity contribution in [2.24, 2.45) is 7.05 Å². The van der Waals surface area contributed by atoms with Crippen LogP contribution in [0.3, 0.4) is 0 Å². The molecule has 8 nitrogen and oxygen atoms in total. The maximum absolute atomic E-state index is 13.1. The zero-order valence-corrected chi connectivity index (χ0v) is 17.1. The summed E-state index contributed by atoms with van der Waals surface area (Å²) in [5, 5.41) is 4.19. The Hall–Kier alpha value is -2.74. The van der Waals surface area contributed by atoms with Gasteiger partial charge < -0.3 is 9.80 Å². The smallest absolute Gasteiger partial charge is 0.244 e. The number of aryl methyl sites for hydroxylation is 2. The molecule has 2 fully saturated rings. The van der Waals surface area contributed by atoms with Gasteiger partial charge in [0.15, 0.2) is 0 Å². The lowest BCUT2D eigenvalue weighted by Crippen LogP contribution is -2.58. The van der Waals surface area contributed by atoms with Crippen LogP contribution < -0.4 is 4.90 Å². The summed E-state index contributed by atoms with van der Waals surface area (Å²) in [5.41, 5.74) is 2.76.